The number of rotatable bonds is 6. The van der Waals surface area contributed by atoms with E-state index in [1.165, 1.54) is 0 Å². The lowest BCUT2D eigenvalue weighted by Gasteiger charge is -2.18. The summed E-state index contributed by atoms with van der Waals surface area (Å²) < 4.78 is 5.82. The second-order valence-electron chi connectivity index (χ2n) is 6.13. The lowest BCUT2D eigenvalue weighted by Crippen LogP contribution is -2.35. The summed E-state index contributed by atoms with van der Waals surface area (Å²) in [5, 5.41) is 11.9. The minimum atomic E-state index is -0.826. The van der Waals surface area contributed by atoms with Gasteiger partial charge < -0.3 is 20.1 Å². The number of fused-ring (bicyclic) bond motifs is 1. The fraction of sp³-hybridized carbons (Fsp3) is 0.263. The number of carboxylic acid groups (broad SMARTS) is 1. The molecule has 2 aromatic rings. The van der Waals surface area contributed by atoms with Crippen LogP contribution in [0, 0.1) is 0 Å². The molecule has 1 aliphatic rings. The van der Waals surface area contributed by atoms with Crippen LogP contribution in [-0.4, -0.2) is 36.0 Å². The van der Waals surface area contributed by atoms with E-state index in [4.69, 9.17) is 16.3 Å². The molecule has 1 heterocycles. The van der Waals surface area contributed by atoms with Crippen molar-refractivity contribution < 1.29 is 19.4 Å². The Balaban J connectivity index is 1.62. The van der Waals surface area contributed by atoms with Crippen LogP contribution in [0.25, 0.3) is 0 Å². The van der Waals surface area contributed by atoms with Gasteiger partial charge in [-0.25, -0.2) is 4.79 Å². The van der Waals surface area contributed by atoms with Crippen LogP contribution in [0.1, 0.15) is 11.1 Å². The van der Waals surface area contributed by atoms with E-state index in [9.17, 15) is 14.7 Å². The molecule has 1 aliphatic heterocycles. The predicted molar refractivity (Wildman–Crippen MR) is 100 cm³/mol. The Hall–Kier alpha value is -2.73. The van der Waals surface area contributed by atoms with Crippen molar-refractivity contribution in [2.24, 2.45) is 0 Å². The number of benzene rings is 2. The number of alkyl halides is 1. The zero-order chi connectivity index (χ0) is 18.7. The van der Waals surface area contributed by atoms with E-state index >= 15 is 0 Å². The second kappa shape index (κ2) is 7.66. The van der Waals surface area contributed by atoms with Gasteiger partial charge in [0.1, 0.15) is 24.3 Å². The maximum absolute atomic E-state index is 11.3. The molecular weight excluding hydrogens is 356 g/mol. The molecule has 6 nitrogen and oxygen atoms in total. The number of nitrogens with one attached hydrogen (secondary N) is 1. The van der Waals surface area contributed by atoms with Crippen molar-refractivity contribution in [3.63, 3.8) is 0 Å². The molecule has 0 saturated carbocycles. The van der Waals surface area contributed by atoms with Crippen molar-refractivity contribution in [1.29, 1.82) is 0 Å². The quantitative estimate of drug-likeness (QED) is 0.760. The number of carbonyl (C=O) groups excluding carboxylic acids is 1. The van der Waals surface area contributed by atoms with Gasteiger partial charge in [-0.15, -0.1) is 11.6 Å². The van der Waals surface area contributed by atoms with E-state index in [0.717, 1.165) is 16.8 Å². The summed E-state index contributed by atoms with van der Waals surface area (Å²) in [4.78, 5) is 24.3. The second-order valence-corrected chi connectivity index (χ2v) is 6.39. The van der Waals surface area contributed by atoms with Crippen molar-refractivity contribution in [3.05, 3.63) is 53.6 Å². The zero-order valence-electron chi connectivity index (χ0n) is 14.2. The summed E-state index contributed by atoms with van der Waals surface area (Å²) in [6.07, 6.45) is 0.466. The highest BCUT2D eigenvalue weighted by Gasteiger charge is 2.31. The Bertz CT molecular complexity index is 823. The number of amides is 1. The molecule has 1 amide bonds. The minimum absolute atomic E-state index is 0.0822. The van der Waals surface area contributed by atoms with Gasteiger partial charge in [-0.05, 0) is 41.5 Å². The third-order valence-corrected chi connectivity index (χ3v) is 4.60. The van der Waals surface area contributed by atoms with Crippen LogP contribution in [-0.2, 0) is 22.6 Å². The van der Waals surface area contributed by atoms with Gasteiger partial charge in [-0.3, -0.25) is 4.79 Å². The van der Waals surface area contributed by atoms with Crippen LogP contribution < -0.4 is 15.0 Å². The van der Waals surface area contributed by atoms with Gasteiger partial charge in [0.2, 0.25) is 5.91 Å². The monoisotopic (exact) mass is 374 g/mol. The maximum Gasteiger partial charge on any atom is 0.326 e. The van der Waals surface area contributed by atoms with Crippen LogP contribution in [0.15, 0.2) is 42.5 Å². The Morgan fingerprint density at radius 2 is 2.00 bits per heavy atom. The van der Waals surface area contributed by atoms with Crippen molar-refractivity contribution in [2.45, 2.75) is 19.1 Å². The molecule has 1 atom stereocenters. The molecule has 0 aliphatic carbocycles. The number of hydrogen-bond donors (Lipinski definition) is 2. The summed E-state index contributed by atoms with van der Waals surface area (Å²) in [6.45, 7) is 0.376. The number of halogens is 1. The molecule has 1 unspecified atom stereocenters. The summed E-state index contributed by atoms with van der Waals surface area (Å²) >= 11 is 5.46. The number of likely N-dealkylation sites (N-methyl/N-ethyl adjacent to an activating group) is 1. The molecule has 2 aromatic carbocycles. The number of aliphatic carboxylic acids is 1. The largest absolute Gasteiger partial charge is 0.489 e. The number of ether oxygens (including phenoxy) is 1. The first-order valence-corrected chi connectivity index (χ1v) is 8.67. The number of anilines is 2. The maximum atomic E-state index is 11.3. The molecular formula is C19H19ClN2O4. The lowest BCUT2D eigenvalue weighted by atomic mass is 10.1. The number of nitrogens with zero attached hydrogens (tertiary/aromatic N) is 1. The van der Waals surface area contributed by atoms with E-state index in [-0.39, 0.29) is 11.8 Å². The third kappa shape index (κ3) is 3.91. The SMILES string of the molecule is CN1c2ccc(OCc3ccc(NC(=O)CCl)cc3)cc2CC1C(=O)O. The average molecular weight is 375 g/mol. The summed E-state index contributed by atoms with van der Waals surface area (Å²) in [6, 6.07) is 12.4. The Kier molecular flexibility index (Phi) is 5.32. The molecule has 3 rings (SSSR count). The van der Waals surface area contributed by atoms with Crippen LogP contribution in [0.5, 0.6) is 5.75 Å². The zero-order valence-corrected chi connectivity index (χ0v) is 15.0. The fourth-order valence-corrected chi connectivity index (χ4v) is 3.04. The van der Waals surface area contributed by atoms with Gasteiger partial charge in [0.15, 0.2) is 0 Å². The minimum Gasteiger partial charge on any atom is -0.489 e. The van der Waals surface area contributed by atoms with Crippen molar-refractivity contribution >= 4 is 34.9 Å². The Labute approximate surface area is 156 Å². The van der Waals surface area contributed by atoms with E-state index in [0.29, 0.717) is 24.5 Å². The number of carboxylic acids is 1. The normalized spacial score (nSPS) is 15.5. The molecule has 26 heavy (non-hydrogen) atoms. The highest BCUT2D eigenvalue weighted by atomic mass is 35.5. The molecule has 0 bridgehead atoms. The number of hydrogen-bond acceptors (Lipinski definition) is 4. The van der Waals surface area contributed by atoms with Crippen LogP contribution >= 0.6 is 11.6 Å². The smallest absolute Gasteiger partial charge is 0.326 e. The first-order valence-electron chi connectivity index (χ1n) is 8.14. The van der Waals surface area contributed by atoms with Gasteiger partial charge in [-0.2, -0.15) is 0 Å². The van der Waals surface area contributed by atoms with Crippen molar-refractivity contribution in [1.82, 2.24) is 0 Å². The molecule has 136 valence electrons. The van der Waals surface area contributed by atoms with Crippen LogP contribution in [0.4, 0.5) is 11.4 Å². The van der Waals surface area contributed by atoms with E-state index in [2.05, 4.69) is 5.32 Å². The van der Waals surface area contributed by atoms with Gasteiger partial charge in [-0.1, -0.05) is 12.1 Å². The first kappa shape index (κ1) is 18.1. The standard InChI is InChI=1S/C19H19ClN2O4/c1-22-16-7-6-15(8-13(16)9-17(22)19(24)25)26-11-12-2-4-14(5-3-12)21-18(23)10-20/h2-8,17H,9-11H2,1H3,(H,21,23)(H,24,25). The molecule has 0 saturated heterocycles. The van der Waals surface area contributed by atoms with Gasteiger partial charge >= 0.3 is 5.97 Å². The predicted octanol–water partition coefficient (Wildman–Crippen LogP) is 2.89. The lowest BCUT2D eigenvalue weighted by molar-refractivity contribution is -0.138. The number of carbonyl (C=O) groups is 2. The summed E-state index contributed by atoms with van der Waals surface area (Å²) in [5.41, 5.74) is 3.52. The van der Waals surface area contributed by atoms with Crippen LogP contribution in [0.3, 0.4) is 0 Å². The molecule has 0 radical (unpaired) electrons. The summed E-state index contributed by atoms with van der Waals surface area (Å²) in [7, 11) is 1.79. The molecule has 7 heteroatoms. The van der Waals surface area contributed by atoms with Gasteiger partial charge in [0.05, 0.1) is 0 Å². The molecule has 0 aromatic heterocycles. The molecule has 0 fully saturated rings. The van der Waals surface area contributed by atoms with Crippen molar-refractivity contribution in [3.8, 4) is 5.75 Å². The first-order chi connectivity index (χ1) is 12.5. The Morgan fingerprint density at radius 1 is 1.27 bits per heavy atom. The average Bonchev–Trinajstić information content (AvgIpc) is 2.97. The fourth-order valence-electron chi connectivity index (χ4n) is 2.97. The topological polar surface area (TPSA) is 78.9 Å². The summed E-state index contributed by atoms with van der Waals surface area (Å²) in [5.74, 6) is -0.463. The van der Waals surface area contributed by atoms with Crippen LogP contribution in [0.2, 0.25) is 0 Å². The highest BCUT2D eigenvalue weighted by molar-refractivity contribution is 6.29. The molecule has 2 N–H and O–H groups in total. The third-order valence-electron chi connectivity index (χ3n) is 4.36. The van der Waals surface area contributed by atoms with Crippen molar-refractivity contribution in [2.75, 3.05) is 23.1 Å². The van der Waals surface area contributed by atoms with Gasteiger partial charge in [0, 0.05) is 24.8 Å². The van der Waals surface area contributed by atoms with E-state index in [1.54, 1.807) is 24.1 Å². The van der Waals surface area contributed by atoms with E-state index < -0.39 is 12.0 Å². The highest BCUT2D eigenvalue weighted by Crippen LogP contribution is 2.34. The van der Waals surface area contributed by atoms with E-state index in [1.807, 2.05) is 30.3 Å². The molecule has 0 spiro atoms. The van der Waals surface area contributed by atoms with Gasteiger partial charge in [0.25, 0.3) is 0 Å². The Morgan fingerprint density at radius 3 is 2.65 bits per heavy atom.